The zero-order valence-electron chi connectivity index (χ0n) is 8.26. The lowest BCUT2D eigenvalue weighted by Gasteiger charge is -2.05. The lowest BCUT2D eigenvalue weighted by atomic mass is 10.2. The molecule has 0 unspecified atom stereocenters. The number of hydrogen-bond acceptors (Lipinski definition) is 1. The number of halogens is 1. The number of benzene rings is 1. The van der Waals surface area contributed by atoms with Crippen LogP contribution in [0.5, 0.6) is 0 Å². The molecule has 2 aromatic rings. The summed E-state index contributed by atoms with van der Waals surface area (Å²) in [7, 11) is 0. The quantitative estimate of drug-likeness (QED) is 0.775. The zero-order valence-corrected chi connectivity index (χ0v) is 9.02. The van der Waals surface area contributed by atoms with Crippen LogP contribution in [0, 0.1) is 0 Å². The topological polar surface area (TPSA) is 27.8 Å². The van der Waals surface area contributed by atoms with Crippen LogP contribution in [0.2, 0.25) is 5.02 Å². The predicted octanol–water partition coefficient (Wildman–Crippen LogP) is 3.64. The number of nitrogens with one attached hydrogen (secondary N) is 2. The molecule has 0 bridgehead atoms. The first-order valence-electron chi connectivity index (χ1n) is 4.70. The maximum absolute atomic E-state index is 5.90. The third-order valence-electron chi connectivity index (χ3n) is 2.03. The minimum absolute atomic E-state index is 0.429. The molecule has 0 spiro atoms. The third kappa shape index (κ3) is 1.85. The van der Waals surface area contributed by atoms with Crippen molar-refractivity contribution in [3.05, 3.63) is 29.3 Å². The van der Waals surface area contributed by atoms with Crippen molar-refractivity contribution in [2.75, 3.05) is 5.32 Å². The van der Waals surface area contributed by atoms with Gasteiger partial charge < -0.3 is 10.3 Å². The van der Waals surface area contributed by atoms with E-state index in [2.05, 4.69) is 30.2 Å². The van der Waals surface area contributed by atoms with Gasteiger partial charge in [-0.05, 0) is 38.1 Å². The Morgan fingerprint density at radius 2 is 2.07 bits per heavy atom. The van der Waals surface area contributed by atoms with Crippen molar-refractivity contribution in [3.63, 3.8) is 0 Å². The number of H-pyrrole nitrogens is 1. The molecule has 2 nitrogen and oxygen atoms in total. The molecule has 14 heavy (non-hydrogen) atoms. The van der Waals surface area contributed by atoms with E-state index in [1.54, 1.807) is 0 Å². The SMILES string of the molecule is CC(C)Nc1cc2cc(Cl)ccc2[nH]1. The minimum Gasteiger partial charge on any atom is -0.369 e. The Labute approximate surface area is 88.3 Å². The van der Waals surface area contributed by atoms with E-state index in [-0.39, 0.29) is 0 Å². The van der Waals surface area contributed by atoms with Crippen LogP contribution >= 0.6 is 11.6 Å². The summed E-state index contributed by atoms with van der Waals surface area (Å²) in [5.74, 6) is 1.04. The number of hydrogen-bond donors (Lipinski definition) is 2. The first-order chi connectivity index (χ1) is 6.65. The average molecular weight is 209 g/mol. The van der Waals surface area contributed by atoms with Gasteiger partial charge in [-0.1, -0.05) is 11.6 Å². The van der Waals surface area contributed by atoms with Gasteiger partial charge in [-0.2, -0.15) is 0 Å². The molecule has 1 aromatic carbocycles. The molecule has 0 fully saturated rings. The van der Waals surface area contributed by atoms with E-state index in [0.29, 0.717) is 6.04 Å². The Balaban J connectivity index is 2.41. The standard InChI is InChI=1S/C11H13ClN2/c1-7(2)13-11-6-8-5-9(12)3-4-10(8)14-11/h3-7,13-14H,1-2H3. The zero-order chi connectivity index (χ0) is 10.1. The fraction of sp³-hybridized carbons (Fsp3) is 0.273. The van der Waals surface area contributed by atoms with Crippen molar-refractivity contribution in [2.24, 2.45) is 0 Å². The molecular weight excluding hydrogens is 196 g/mol. The van der Waals surface area contributed by atoms with Gasteiger partial charge in [-0.15, -0.1) is 0 Å². The van der Waals surface area contributed by atoms with E-state index < -0.39 is 0 Å². The lowest BCUT2D eigenvalue weighted by Crippen LogP contribution is -2.09. The molecule has 1 aromatic heterocycles. The molecule has 2 rings (SSSR count). The monoisotopic (exact) mass is 208 g/mol. The molecule has 0 atom stereocenters. The normalized spacial score (nSPS) is 11.1. The summed E-state index contributed by atoms with van der Waals surface area (Å²) in [6.07, 6.45) is 0. The number of aromatic nitrogens is 1. The predicted molar refractivity (Wildman–Crippen MR) is 62.1 cm³/mol. The molecule has 3 heteroatoms. The molecular formula is C11H13ClN2. The van der Waals surface area contributed by atoms with Gasteiger partial charge in [0, 0.05) is 22.0 Å². The largest absolute Gasteiger partial charge is 0.369 e. The van der Waals surface area contributed by atoms with Crippen molar-refractivity contribution < 1.29 is 0 Å². The number of rotatable bonds is 2. The molecule has 0 aliphatic rings. The molecule has 0 aliphatic heterocycles. The van der Waals surface area contributed by atoms with Gasteiger partial charge in [0.05, 0.1) is 0 Å². The maximum atomic E-state index is 5.90. The first kappa shape index (κ1) is 9.41. The van der Waals surface area contributed by atoms with Crippen LogP contribution in [0.25, 0.3) is 10.9 Å². The van der Waals surface area contributed by atoms with E-state index in [9.17, 15) is 0 Å². The fourth-order valence-corrected chi connectivity index (χ4v) is 1.67. The third-order valence-corrected chi connectivity index (χ3v) is 2.26. The summed E-state index contributed by atoms with van der Waals surface area (Å²) in [5.41, 5.74) is 1.11. The van der Waals surface area contributed by atoms with E-state index in [1.807, 2.05) is 18.2 Å². The highest BCUT2D eigenvalue weighted by atomic mass is 35.5. The summed E-state index contributed by atoms with van der Waals surface area (Å²) < 4.78 is 0. The highest BCUT2D eigenvalue weighted by Gasteiger charge is 2.01. The molecule has 0 aliphatic carbocycles. The lowest BCUT2D eigenvalue weighted by molar-refractivity contribution is 0.893. The Bertz CT molecular complexity index is 445. The van der Waals surface area contributed by atoms with Gasteiger partial charge in [0.1, 0.15) is 5.82 Å². The van der Waals surface area contributed by atoms with Crippen LogP contribution in [-0.2, 0) is 0 Å². The van der Waals surface area contributed by atoms with Gasteiger partial charge in [0.25, 0.3) is 0 Å². The van der Waals surface area contributed by atoms with E-state index >= 15 is 0 Å². The fourth-order valence-electron chi connectivity index (χ4n) is 1.49. The van der Waals surface area contributed by atoms with Crippen LogP contribution < -0.4 is 5.32 Å². The van der Waals surface area contributed by atoms with Gasteiger partial charge >= 0.3 is 0 Å². The summed E-state index contributed by atoms with van der Waals surface area (Å²) in [6, 6.07) is 8.33. The summed E-state index contributed by atoms with van der Waals surface area (Å²) in [4.78, 5) is 3.28. The van der Waals surface area contributed by atoms with Gasteiger partial charge in [0.15, 0.2) is 0 Å². The summed E-state index contributed by atoms with van der Waals surface area (Å²) in [6.45, 7) is 4.22. The first-order valence-corrected chi connectivity index (χ1v) is 5.08. The molecule has 0 saturated heterocycles. The molecule has 1 heterocycles. The average Bonchev–Trinajstić information content (AvgIpc) is 2.44. The maximum Gasteiger partial charge on any atom is 0.104 e. The second kappa shape index (κ2) is 3.54. The Hall–Kier alpha value is -1.15. The van der Waals surface area contributed by atoms with Crippen LogP contribution in [-0.4, -0.2) is 11.0 Å². The Morgan fingerprint density at radius 3 is 2.79 bits per heavy atom. The highest BCUT2D eigenvalue weighted by molar-refractivity contribution is 6.31. The van der Waals surface area contributed by atoms with E-state index in [4.69, 9.17) is 11.6 Å². The number of aromatic amines is 1. The molecule has 0 radical (unpaired) electrons. The van der Waals surface area contributed by atoms with E-state index in [0.717, 1.165) is 21.7 Å². The van der Waals surface area contributed by atoms with Crippen LogP contribution in [0.3, 0.4) is 0 Å². The molecule has 2 N–H and O–H groups in total. The van der Waals surface area contributed by atoms with Crippen molar-refractivity contribution in [2.45, 2.75) is 19.9 Å². The van der Waals surface area contributed by atoms with Gasteiger partial charge in [-0.25, -0.2) is 0 Å². The van der Waals surface area contributed by atoms with Crippen LogP contribution in [0.15, 0.2) is 24.3 Å². The highest BCUT2D eigenvalue weighted by Crippen LogP contribution is 2.22. The second-order valence-electron chi connectivity index (χ2n) is 3.71. The van der Waals surface area contributed by atoms with Gasteiger partial charge in [0.2, 0.25) is 0 Å². The molecule has 0 saturated carbocycles. The molecule has 0 amide bonds. The molecule has 74 valence electrons. The Morgan fingerprint density at radius 1 is 1.29 bits per heavy atom. The number of fused-ring (bicyclic) bond motifs is 1. The van der Waals surface area contributed by atoms with Crippen molar-refractivity contribution >= 4 is 28.3 Å². The summed E-state index contributed by atoms with van der Waals surface area (Å²) >= 11 is 5.90. The number of anilines is 1. The van der Waals surface area contributed by atoms with Gasteiger partial charge in [-0.3, -0.25) is 0 Å². The van der Waals surface area contributed by atoms with Crippen molar-refractivity contribution in [3.8, 4) is 0 Å². The summed E-state index contributed by atoms with van der Waals surface area (Å²) in [5, 5.41) is 5.23. The van der Waals surface area contributed by atoms with Crippen LogP contribution in [0.4, 0.5) is 5.82 Å². The Kier molecular flexibility index (Phi) is 2.38. The van der Waals surface area contributed by atoms with Crippen molar-refractivity contribution in [1.29, 1.82) is 0 Å². The smallest absolute Gasteiger partial charge is 0.104 e. The minimum atomic E-state index is 0.429. The second-order valence-corrected chi connectivity index (χ2v) is 4.15. The van der Waals surface area contributed by atoms with Crippen molar-refractivity contribution in [1.82, 2.24) is 4.98 Å². The van der Waals surface area contributed by atoms with E-state index in [1.165, 1.54) is 0 Å². The van der Waals surface area contributed by atoms with Crippen LogP contribution in [0.1, 0.15) is 13.8 Å².